The highest BCUT2D eigenvalue weighted by atomic mass is 79.9. The van der Waals surface area contributed by atoms with Gasteiger partial charge in [-0.3, -0.25) is 4.72 Å². The highest BCUT2D eigenvalue weighted by molar-refractivity contribution is 9.10. The van der Waals surface area contributed by atoms with Gasteiger partial charge in [-0.1, -0.05) is 0 Å². The highest BCUT2D eigenvalue weighted by Crippen LogP contribution is 2.24. The summed E-state index contributed by atoms with van der Waals surface area (Å²) in [7, 11) is -2.59. The summed E-state index contributed by atoms with van der Waals surface area (Å²) in [5.74, 6) is -0.763. The van der Waals surface area contributed by atoms with Crippen LogP contribution in [0.5, 0.6) is 5.75 Å². The standard InChI is InChI=1S/C13H12BrFN2O3S/c1-8-11(4-6-13(14)16-8)17-21(18,19)9-3-5-12(20-2)10(15)7-9/h3-7,17H,1-2H3. The topological polar surface area (TPSA) is 68.3 Å². The molecule has 0 fully saturated rings. The summed E-state index contributed by atoms with van der Waals surface area (Å²) in [4.78, 5) is 3.90. The lowest BCUT2D eigenvalue weighted by Gasteiger charge is -2.11. The van der Waals surface area contributed by atoms with Crippen LogP contribution in [-0.4, -0.2) is 20.5 Å². The lowest BCUT2D eigenvalue weighted by atomic mass is 10.3. The maximum atomic E-state index is 13.6. The third kappa shape index (κ3) is 3.51. The number of rotatable bonds is 4. The lowest BCUT2D eigenvalue weighted by molar-refractivity contribution is 0.385. The molecule has 1 N–H and O–H groups in total. The van der Waals surface area contributed by atoms with E-state index >= 15 is 0 Å². The van der Waals surface area contributed by atoms with E-state index in [0.717, 1.165) is 6.07 Å². The molecular formula is C13H12BrFN2O3S. The van der Waals surface area contributed by atoms with Gasteiger partial charge in [-0.25, -0.2) is 17.8 Å². The number of nitrogens with one attached hydrogen (secondary N) is 1. The summed E-state index contributed by atoms with van der Waals surface area (Å²) < 4.78 is 45.8. The van der Waals surface area contributed by atoms with Gasteiger partial charge in [0.25, 0.3) is 10.0 Å². The van der Waals surface area contributed by atoms with Crippen molar-refractivity contribution in [1.82, 2.24) is 4.98 Å². The molecule has 8 heteroatoms. The summed E-state index contributed by atoms with van der Waals surface area (Å²) in [6.45, 7) is 1.66. The zero-order chi connectivity index (χ0) is 15.6. The number of pyridine rings is 1. The van der Waals surface area contributed by atoms with Crippen molar-refractivity contribution in [3.63, 3.8) is 0 Å². The van der Waals surface area contributed by atoms with E-state index in [0.29, 0.717) is 16.0 Å². The molecule has 0 saturated heterocycles. The van der Waals surface area contributed by atoms with Crippen molar-refractivity contribution in [3.8, 4) is 5.75 Å². The Morgan fingerprint density at radius 2 is 2.00 bits per heavy atom. The molecule has 5 nitrogen and oxygen atoms in total. The molecule has 0 bridgehead atoms. The molecule has 112 valence electrons. The smallest absolute Gasteiger partial charge is 0.262 e. The maximum Gasteiger partial charge on any atom is 0.262 e. The van der Waals surface area contributed by atoms with Crippen molar-refractivity contribution in [1.29, 1.82) is 0 Å². The van der Waals surface area contributed by atoms with Crippen LogP contribution in [0.4, 0.5) is 10.1 Å². The second-order valence-electron chi connectivity index (χ2n) is 4.17. The molecule has 0 radical (unpaired) electrons. The van der Waals surface area contributed by atoms with Crippen molar-refractivity contribution < 1.29 is 17.5 Å². The second kappa shape index (κ2) is 5.98. The van der Waals surface area contributed by atoms with Gasteiger partial charge in [0.05, 0.1) is 23.4 Å². The fourth-order valence-electron chi connectivity index (χ4n) is 1.66. The third-order valence-electron chi connectivity index (χ3n) is 2.73. The van der Waals surface area contributed by atoms with Gasteiger partial charge < -0.3 is 4.74 Å². The molecular weight excluding hydrogens is 363 g/mol. The van der Waals surface area contributed by atoms with Gasteiger partial charge in [0, 0.05) is 0 Å². The zero-order valence-electron chi connectivity index (χ0n) is 11.2. The first-order chi connectivity index (χ1) is 9.83. The number of methoxy groups -OCH3 is 1. The van der Waals surface area contributed by atoms with E-state index in [2.05, 4.69) is 25.6 Å². The van der Waals surface area contributed by atoms with Crippen LogP contribution in [0.3, 0.4) is 0 Å². The number of hydrogen-bond acceptors (Lipinski definition) is 4. The average molecular weight is 375 g/mol. The normalized spacial score (nSPS) is 11.2. The van der Waals surface area contributed by atoms with E-state index in [1.54, 1.807) is 19.1 Å². The minimum absolute atomic E-state index is 0.0181. The fourth-order valence-corrected chi connectivity index (χ4v) is 3.18. The molecule has 0 unspecified atom stereocenters. The number of aromatic nitrogens is 1. The molecule has 1 aromatic carbocycles. The Bertz CT molecular complexity index is 781. The Morgan fingerprint density at radius 1 is 1.29 bits per heavy atom. The maximum absolute atomic E-state index is 13.6. The van der Waals surface area contributed by atoms with Gasteiger partial charge in [0.1, 0.15) is 4.60 Å². The Labute approximate surface area is 130 Å². The molecule has 0 amide bonds. The second-order valence-corrected chi connectivity index (χ2v) is 6.66. The number of ether oxygens (including phenoxy) is 1. The van der Waals surface area contributed by atoms with Crippen LogP contribution in [0.15, 0.2) is 39.8 Å². The predicted octanol–water partition coefficient (Wildman–Crippen LogP) is 3.10. The molecule has 0 aliphatic carbocycles. The van der Waals surface area contributed by atoms with Gasteiger partial charge in [0.2, 0.25) is 0 Å². The fraction of sp³-hybridized carbons (Fsp3) is 0.154. The number of sulfonamides is 1. The van der Waals surface area contributed by atoms with E-state index in [-0.39, 0.29) is 10.6 Å². The van der Waals surface area contributed by atoms with Crippen LogP contribution in [0.2, 0.25) is 0 Å². The van der Waals surface area contributed by atoms with Crippen LogP contribution >= 0.6 is 15.9 Å². The number of halogens is 2. The summed E-state index contributed by atoms with van der Waals surface area (Å²) in [5.41, 5.74) is 0.830. The largest absolute Gasteiger partial charge is 0.494 e. The highest BCUT2D eigenvalue weighted by Gasteiger charge is 2.18. The van der Waals surface area contributed by atoms with Crippen molar-refractivity contribution in [2.45, 2.75) is 11.8 Å². The molecule has 0 spiro atoms. The van der Waals surface area contributed by atoms with Gasteiger partial charge in [-0.05, 0) is 53.2 Å². The Morgan fingerprint density at radius 3 is 2.57 bits per heavy atom. The molecule has 0 aliphatic heterocycles. The van der Waals surface area contributed by atoms with E-state index in [1.165, 1.54) is 19.2 Å². The van der Waals surface area contributed by atoms with E-state index in [4.69, 9.17) is 4.74 Å². The molecule has 1 aromatic heterocycles. The minimum atomic E-state index is -3.90. The molecule has 0 atom stereocenters. The van der Waals surface area contributed by atoms with Crippen LogP contribution in [-0.2, 0) is 10.0 Å². The Balaban J connectivity index is 2.36. The lowest BCUT2D eigenvalue weighted by Crippen LogP contribution is -2.14. The van der Waals surface area contributed by atoms with Crippen molar-refractivity contribution in [2.75, 3.05) is 11.8 Å². The van der Waals surface area contributed by atoms with Crippen molar-refractivity contribution in [3.05, 3.63) is 46.4 Å². The van der Waals surface area contributed by atoms with Gasteiger partial charge in [-0.2, -0.15) is 0 Å². The zero-order valence-corrected chi connectivity index (χ0v) is 13.6. The number of aryl methyl sites for hydroxylation is 1. The van der Waals surface area contributed by atoms with E-state index < -0.39 is 15.8 Å². The molecule has 0 aliphatic rings. The number of anilines is 1. The quantitative estimate of drug-likeness (QED) is 0.834. The first kappa shape index (κ1) is 15.7. The van der Waals surface area contributed by atoms with Crippen LogP contribution in [0, 0.1) is 12.7 Å². The summed E-state index contributed by atoms with van der Waals surface area (Å²) in [6, 6.07) is 6.62. The SMILES string of the molecule is COc1ccc(S(=O)(=O)Nc2ccc(Br)nc2C)cc1F. The van der Waals surface area contributed by atoms with Crippen molar-refractivity contribution in [2.24, 2.45) is 0 Å². The van der Waals surface area contributed by atoms with Crippen LogP contribution < -0.4 is 9.46 Å². The number of nitrogens with zero attached hydrogens (tertiary/aromatic N) is 1. The molecule has 2 aromatic rings. The summed E-state index contributed by atoms with van der Waals surface area (Å²) in [6.07, 6.45) is 0. The van der Waals surface area contributed by atoms with Crippen LogP contribution in [0.25, 0.3) is 0 Å². The molecule has 21 heavy (non-hydrogen) atoms. The van der Waals surface area contributed by atoms with Gasteiger partial charge in [-0.15, -0.1) is 0 Å². The number of benzene rings is 1. The number of hydrogen-bond donors (Lipinski definition) is 1. The van der Waals surface area contributed by atoms with Gasteiger partial charge >= 0.3 is 0 Å². The minimum Gasteiger partial charge on any atom is -0.494 e. The molecule has 1 heterocycles. The first-order valence-corrected chi connectivity index (χ1v) is 8.10. The monoisotopic (exact) mass is 374 g/mol. The van der Waals surface area contributed by atoms with Gasteiger partial charge in [0.15, 0.2) is 11.6 Å². The van der Waals surface area contributed by atoms with E-state index in [9.17, 15) is 12.8 Å². The summed E-state index contributed by atoms with van der Waals surface area (Å²) >= 11 is 3.19. The third-order valence-corrected chi connectivity index (χ3v) is 4.53. The summed E-state index contributed by atoms with van der Waals surface area (Å²) in [5, 5.41) is 0. The Hall–Kier alpha value is -1.67. The molecule has 0 saturated carbocycles. The Kier molecular flexibility index (Phi) is 4.48. The average Bonchev–Trinajstić information content (AvgIpc) is 2.42. The first-order valence-electron chi connectivity index (χ1n) is 5.83. The molecule has 2 rings (SSSR count). The van der Waals surface area contributed by atoms with Crippen LogP contribution in [0.1, 0.15) is 5.69 Å². The van der Waals surface area contributed by atoms with E-state index in [1.807, 2.05) is 0 Å². The van der Waals surface area contributed by atoms with Crippen molar-refractivity contribution >= 4 is 31.6 Å². The predicted molar refractivity (Wildman–Crippen MR) is 80.4 cm³/mol.